The summed E-state index contributed by atoms with van der Waals surface area (Å²) in [6.45, 7) is 5.80. The van der Waals surface area contributed by atoms with Crippen molar-refractivity contribution in [2.75, 3.05) is 26.4 Å². The van der Waals surface area contributed by atoms with E-state index in [1.54, 1.807) is 11.3 Å². The van der Waals surface area contributed by atoms with Crippen molar-refractivity contribution in [1.82, 2.24) is 4.90 Å². The van der Waals surface area contributed by atoms with E-state index in [1.807, 2.05) is 6.07 Å². The van der Waals surface area contributed by atoms with Crippen molar-refractivity contribution in [3.63, 3.8) is 0 Å². The zero-order valence-corrected chi connectivity index (χ0v) is 11.5. The second kappa shape index (κ2) is 6.91. The predicted molar refractivity (Wildman–Crippen MR) is 73.6 cm³/mol. The Bertz CT molecular complexity index is 432. The number of ether oxygens (including phenoxy) is 1. The van der Waals surface area contributed by atoms with E-state index in [1.165, 1.54) is 4.88 Å². The molecule has 1 saturated heterocycles. The minimum absolute atomic E-state index is 0.0748. The molecule has 0 radical (unpaired) electrons. The van der Waals surface area contributed by atoms with Crippen LogP contribution in [0.5, 0.6) is 0 Å². The van der Waals surface area contributed by atoms with Crippen LogP contribution in [0.1, 0.15) is 23.1 Å². The fourth-order valence-corrected chi connectivity index (χ4v) is 3.04. The molecule has 1 fully saturated rings. The van der Waals surface area contributed by atoms with Gasteiger partial charge in [0.25, 0.3) is 0 Å². The van der Waals surface area contributed by atoms with Gasteiger partial charge in [-0.3, -0.25) is 4.90 Å². The van der Waals surface area contributed by atoms with Gasteiger partial charge in [-0.25, -0.2) is 0 Å². The van der Waals surface area contributed by atoms with Crippen molar-refractivity contribution in [2.45, 2.75) is 25.9 Å². The van der Waals surface area contributed by atoms with Crippen LogP contribution in [0.2, 0.25) is 0 Å². The van der Waals surface area contributed by atoms with Gasteiger partial charge in [0.15, 0.2) is 0 Å². The van der Waals surface area contributed by atoms with E-state index < -0.39 is 0 Å². The Morgan fingerprint density at radius 1 is 1.56 bits per heavy atom. The highest BCUT2D eigenvalue weighted by Crippen LogP contribution is 2.20. The molecule has 3 nitrogen and oxygen atoms in total. The summed E-state index contributed by atoms with van der Waals surface area (Å²) in [5, 5.41) is 8.67. The number of hydrogen-bond acceptors (Lipinski definition) is 4. The van der Waals surface area contributed by atoms with Gasteiger partial charge in [-0.2, -0.15) is 0 Å². The smallest absolute Gasteiger partial charge is 0.104 e. The molecule has 2 rings (SSSR count). The highest BCUT2D eigenvalue weighted by Gasteiger charge is 2.21. The van der Waals surface area contributed by atoms with E-state index in [4.69, 9.17) is 9.84 Å². The Morgan fingerprint density at radius 3 is 3.22 bits per heavy atom. The SMILES string of the molecule is CCC1COCCN1Cc1ccc(C#CCO)s1. The summed E-state index contributed by atoms with van der Waals surface area (Å²) >= 11 is 1.71. The van der Waals surface area contributed by atoms with E-state index in [0.29, 0.717) is 6.04 Å². The van der Waals surface area contributed by atoms with E-state index in [0.717, 1.165) is 37.6 Å². The summed E-state index contributed by atoms with van der Waals surface area (Å²) in [6, 6.07) is 4.70. The average Bonchev–Trinajstić information content (AvgIpc) is 2.84. The van der Waals surface area contributed by atoms with Gasteiger partial charge in [0.2, 0.25) is 0 Å². The molecule has 0 amide bonds. The fourth-order valence-electron chi connectivity index (χ4n) is 2.13. The predicted octanol–water partition coefficient (Wildman–Crippen LogP) is 1.70. The molecule has 1 unspecified atom stereocenters. The van der Waals surface area contributed by atoms with Gasteiger partial charge in [0.05, 0.1) is 18.1 Å². The molecule has 18 heavy (non-hydrogen) atoms. The second-order valence-corrected chi connectivity index (χ2v) is 5.50. The monoisotopic (exact) mass is 265 g/mol. The minimum Gasteiger partial charge on any atom is -0.384 e. The maximum Gasteiger partial charge on any atom is 0.104 e. The molecule has 0 aromatic carbocycles. The third-order valence-corrected chi connectivity index (χ3v) is 4.12. The van der Waals surface area contributed by atoms with Gasteiger partial charge in [-0.05, 0) is 18.6 Å². The van der Waals surface area contributed by atoms with Crippen LogP contribution < -0.4 is 0 Å². The summed E-state index contributed by atoms with van der Waals surface area (Å²) in [6.07, 6.45) is 1.13. The summed E-state index contributed by atoms with van der Waals surface area (Å²) in [7, 11) is 0. The average molecular weight is 265 g/mol. The number of morpholine rings is 1. The third-order valence-electron chi connectivity index (χ3n) is 3.13. The van der Waals surface area contributed by atoms with E-state index in [9.17, 15) is 0 Å². The Balaban J connectivity index is 1.97. The van der Waals surface area contributed by atoms with Crippen molar-refractivity contribution >= 4 is 11.3 Å². The summed E-state index contributed by atoms with van der Waals surface area (Å²) in [4.78, 5) is 4.84. The normalized spacial score (nSPS) is 20.4. The molecule has 2 heterocycles. The zero-order valence-electron chi connectivity index (χ0n) is 10.7. The lowest BCUT2D eigenvalue weighted by Gasteiger charge is -2.34. The van der Waals surface area contributed by atoms with Gasteiger partial charge in [-0.15, -0.1) is 11.3 Å². The topological polar surface area (TPSA) is 32.7 Å². The van der Waals surface area contributed by atoms with Gasteiger partial charge >= 0.3 is 0 Å². The number of aliphatic hydroxyl groups excluding tert-OH is 1. The lowest BCUT2D eigenvalue weighted by atomic mass is 10.2. The summed E-state index contributed by atoms with van der Waals surface area (Å²) in [5.41, 5.74) is 0. The number of thiophene rings is 1. The van der Waals surface area contributed by atoms with Crippen LogP contribution in [0.25, 0.3) is 0 Å². The van der Waals surface area contributed by atoms with E-state index in [2.05, 4.69) is 29.7 Å². The first-order valence-electron chi connectivity index (χ1n) is 6.33. The molecule has 4 heteroatoms. The van der Waals surface area contributed by atoms with Gasteiger partial charge in [-0.1, -0.05) is 18.8 Å². The van der Waals surface area contributed by atoms with Gasteiger partial charge in [0.1, 0.15) is 6.61 Å². The van der Waals surface area contributed by atoms with Gasteiger partial charge in [0, 0.05) is 24.0 Å². The molecule has 0 bridgehead atoms. The standard InChI is InChI=1S/C14H19NO2S/c1-2-12-11-17-9-7-15(12)10-14-6-5-13(18-14)4-3-8-16/h5-6,12,16H,2,7-11H2,1H3. The molecule has 0 spiro atoms. The second-order valence-electron chi connectivity index (χ2n) is 4.33. The first-order chi connectivity index (χ1) is 8.83. The van der Waals surface area contributed by atoms with Crippen molar-refractivity contribution in [1.29, 1.82) is 0 Å². The Labute approximate surface area is 112 Å². The molecule has 1 aliphatic heterocycles. The molecule has 1 N–H and O–H groups in total. The molecule has 1 atom stereocenters. The van der Waals surface area contributed by atoms with Crippen LogP contribution in [0.3, 0.4) is 0 Å². The number of aliphatic hydroxyl groups is 1. The van der Waals surface area contributed by atoms with Crippen LogP contribution in [0.15, 0.2) is 12.1 Å². The molecule has 98 valence electrons. The molecule has 1 aromatic rings. The van der Waals surface area contributed by atoms with Crippen molar-refractivity contribution in [3.8, 4) is 11.8 Å². The summed E-state index contributed by atoms with van der Waals surface area (Å²) < 4.78 is 5.51. The van der Waals surface area contributed by atoms with Crippen LogP contribution in [-0.2, 0) is 11.3 Å². The summed E-state index contributed by atoms with van der Waals surface area (Å²) in [5.74, 6) is 5.64. The van der Waals surface area contributed by atoms with Crippen molar-refractivity contribution in [3.05, 3.63) is 21.9 Å². The Hall–Kier alpha value is -0.860. The maximum atomic E-state index is 8.67. The van der Waals surface area contributed by atoms with Crippen molar-refractivity contribution in [2.24, 2.45) is 0 Å². The number of rotatable bonds is 3. The van der Waals surface area contributed by atoms with Crippen LogP contribution in [0.4, 0.5) is 0 Å². The maximum absolute atomic E-state index is 8.67. The highest BCUT2D eigenvalue weighted by atomic mass is 32.1. The quantitative estimate of drug-likeness (QED) is 0.844. The molecule has 0 aliphatic carbocycles. The highest BCUT2D eigenvalue weighted by molar-refractivity contribution is 7.12. The lowest BCUT2D eigenvalue weighted by Crippen LogP contribution is -2.44. The molecule has 0 saturated carbocycles. The fraction of sp³-hybridized carbons (Fsp3) is 0.571. The van der Waals surface area contributed by atoms with Gasteiger partial charge < -0.3 is 9.84 Å². The van der Waals surface area contributed by atoms with Crippen LogP contribution >= 0.6 is 11.3 Å². The molecule has 1 aliphatic rings. The van der Waals surface area contributed by atoms with E-state index >= 15 is 0 Å². The largest absolute Gasteiger partial charge is 0.384 e. The Morgan fingerprint density at radius 2 is 2.44 bits per heavy atom. The molecular weight excluding hydrogens is 246 g/mol. The van der Waals surface area contributed by atoms with Crippen molar-refractivity contribution < 1.29 is 9.84 Å². The Kier molecular flexibility index (Phi) is 5.21. The van der Waals surface area contributed by atoms with E-state index in [-0.39, 0.29) is 6.61 Å². The first-order valence-corrected chi connectivity index (χ1v) is 7.15. The first kappa shape index (κ1) is 13.6. The zero-order chi connectivity index (χ0) is 12.8. The third kappa shape index (κ3) is 3.56. The minimum atomic E-state index is -0.0748. The van der Waals surface area contributed by atoms with Crippen LogP contribution in [0, 0.1) is 11.8 Å². The molecule has 1 aromatic heterocycles. The lowest BCUT2D eigenvalue weighted by molar-refractivity contribution is -0.0122. The molecular formula is C14H19NO2S. The van der Waals surface area contributed by atoms with Crippen LogP contribution in [-0.4, -0.2) is 42.4 Å². The number of nitrogens with zero attached hydrogens (tertiary/aromatic N) is 1. The number of hydrogen-bond donors (Lipinski definition) is 1.